The second-order valence-corrected chi connectivity index (χ2v) is 4.28. The van der Waals surface area contributed by atoms with E-state index in [1.54, 1.807) is 7.11 Å². The minimum Gasteiger partial charge on any atom is -0.478 e. The lowest BCUT2D eigenvalue weighted by Gasteiger charge is -2.22. The van der Waals surface area contributed by atoms with Gasteiger partial charge in [0.1, 0.15) is 5.56 Å². The summed E-state index contributed by atoms with van der Waals surface area (Å²) in [7, 11) is 1.55. The number of nitrogens with zero attached hydrogens (tertiary/aromatic N) is 1. The Hall–Kier alpha value is -1.69. The van der Waals surface area contributed by atoms with Crippen molar-refractivity contribution >= 4 is 11.8 Å². The fourth-order valence-electron chi connectivity index (χ4n) is 1.47. The number of rotatable bonds is 6. The van der Waals surface area contributed by atoms with E-state index in [-0.39, 0.29) is 17.8 Å². The highest BCUT2D eigenvalue weighted by Crippen LogP contribution is 2.18. The second-order valence-electron chi connectivity index (χ2n) is 4.28. The zero-order chi connectivity index (χ0) is 13.7. The molecule has 0 saturated heterocycles. The molecule has 5 nitrogen and oxygen atoms in total. The number of carboxylic acid groups (broad SMARTS) is 1. The number of ether oxygens (including phenoxy) is 1. The van der Waals surface area contributed by atoms with Gasteiger partial charge in [-0.15, -0.1) is 0 Å². The van der Waals surface area contributed by atoms with Crippen molar-refractivity contribution in [3.05, 3.63) is 23.6 Å². The molecular formula is C12H17FN2O3. The number of aromatic nitrogens is 1. The van der Waals surface area contributed by atoms with Gasteiger partial charge in [-0.25, -0.2) is 14.2 Å². The topological polar surface area (TPSA) is 71.5 Å². The van der Waals surface area contributed by atoms with Gasteiger partial charge in [0.25, 0.3) is 0 Å². The predicted molar refractivity (Wildman–Crippen MR) is 65.3 cm³/mol. The number of aromatic carboxylic acids is 1. The summed E-state index contributed by atoms with van der Waals surface area (Å²) in [4.78, 5) is 14.6. The standard InChI is InChI=1S/C12H17FN2O3/c1-7(2)9(6-18-3)15-11-10(13)8(12(16)17)4-5-14-11/h4-5,7,9H,6H2,1-3H3,(H,14,15)(H,16,17). The first-order valence-corrected chi connectivity index (χ1v) is 5.60. The van der Waals surface area contributed by atoms with E-state index in [0.29, 0.717) is 6.61 Å². The maximum Gasteiger partial charge on any atom is 0.338 e. The van der Waals surface area contributed by atoms with Gasteiger partial charge in [-0.2, -0.15) is 0 Å². The molecular weight excluding hydrogens is 239 g/mol. The Balaban J connectivity index is 2.96. The molecule has 0 saturated carbocycles. The molecule has 0 amide bonds. The van der Waals surface area contributed by atoms with E-state index < -0.39 is 17.3 Å². The molecule has 0 radical (unpaired) electrons. The first kappa shape index (κ1) is 14.4. The third-order valence-corrected chi connectivity index (χ3v) is 2.59. The summed E-state index contributed by atoms with van der Waals surface area (Å²) < 4.78 is 18.9. The monoisotopic (exact) mass is 256 g/mol. The number of hydrogen-bond donors (Lipinski definition) is 2. The molecule has 1 heterocycles. The molecule has 0 aromatic carbocycles. The van der Waals surface area contributed by atoms with E-state index in [4.69, 9.17) is 9.84 Å². The van der Waals surface area contributed by atoms with Gasteiger partial charge in [-0.1, -0.05) is 13.8 Å². The third-order valence-electron chi connectivity index (χ3n) is 2.59. The summed E-state index contributed by atoms with van der Waals surface area (Å²) in [6.45, 7) is 4.29. The molecule has 1 atom stereocenters. The molecule has 0 bridgehead atoms. The van der Waals surface area contributed by atoms with Crippen molar-refractivity contribution in [1.82, 2.24) is 4.98 Å². The smallest absolute Gasteiger partial charge is 0.338 e. The van der Waals surface area contributed by atoms with Gasteiger partial charge in [-0.3, -0.25) is 0 Å². The quantitative estimate of drug-likeness (QED) is 0.814. The fraction of sp³-hybridized carbons (Fsp3) is 0.500. The van der Waals surface area contributed by atoms with Crippen molar-refractivity contribution in [2.75, 3.05) is 19.0 Å². The number of carboxylic acids is 1. The van der Waals surface area contributed by atoms with Crippen molar-refractivity contribution < 1.29 is 19.0 Å². The Kier molecular flexibility index (Phi) is 5.03. The maximum absolute atomic E-state index is 13.8. The summed E-state index contributed by atoms with van der Waals surface area (Å²) in [5.74, 6) is -2.04. The molecule has 1 unspecified atom stereocenters. The largest absolute Gasteiger partial charge is 0.478 e. The molecule has 100 valence electrons. The Morgan fingerprint density at radius 1 is 1.61 bits per heavy atom. The lowest BCUT2D eigenvalue weighted by Crippen LogP contribution is -2.31. The Labute approximate surface area is 105 Å². The highest BCUT2D eigenvalue weighted by atomic mass is 19.1. The van der Waals surface area contributed by atoms with E-state index in [1.165, 1.54) is 6.20 Å². The van der Waals surface area contributed by atoms with Gasteiger partial charge < -0.3 is 15.2 Å². The van der Waals surface area contributed by atoms with Gasteiger partial charge in [0.15, 0.2) is 11.6 Å². The van der Waals surface area contributed by atoms with Crippen LogP contribution in [-0.4, -0.2) is 35.8 Å². The van der Waals surface area contributed by atoms with Crippen molar-refractivity contribution in [3.63, 3.8) is 0 Å². The van der Waals surface area contributed by atoms with Crippen LogP contribution >= 0.6 is 0 Å². The van der Waals surface area contributed by atoms with Crippen molar-refractivity contribution in [1.29, 1.82) is 0 Å². The summed E-state index contributed by atoms with van der Waals surface area (Å²) in [6.07, 6.45) is 1.26. The molecule has 0 aliphatic rings. The number of pyridine rings is 1. The Morgan fingerprint density at radius 2 is 2.28 bits per heavy atom. The Bertz CT molecular complexity index is 424. The number of carbonyl (C=O) groups is 1. The minimum absolute atomic E-state index is 0.0642. The van der Waals surface area contributed by atoms with E-state index in [9.17, 15) is 9.18 Å². The average molecular weight is 256 g/mol. The number of hydrogen-bond acceptors (Lipinski definition) is 4. The molecule has 0 aliphatic carbocycles. The van der Waals surface area contributed by atoms with Gasteiger partial charge in [-0.05, 0) is 12.0 Å². The van der Waals surface area contributed by atoms with Crippen LogP contribution in [0.3, 0.4) is 0 Å². The van der Waals surface area contributed by atoms with Crippen molar-refractivity contribution in [3.8, 4) is 0 Å². The van der Waals surface area contributed by atoms with Gasteiger partial charge in [0.2, 0.25) is 0 Å². The van der Waals surface area contributed by atoms with E-state index in [2.05, 4.69) is 10.3 Å². The van der Waals surface area contributed by atoms with Crippen LogP contribution < -0.4 is 5.32 Å². The molecule has 18 heavy (non-hydrogen) atoms. The molecule has 1 rings (SSSR count). The SMILES string of the molecule is COCC(Nc1nccc(C(=O)O)c1F)C(C)C. The minimum atomic E-state index is -1.31. The molecule has 0 spiro atoms. The normalized spacial score (nSPS) is 12.5. The van der Waals surface area contributed by atoms with Crippen molar-refractivity contribution in [2.24, 2.45) is 5.92 Å². The van der Waals surface area contributed by atoms with Gasteiger partial charge >= 0.3 is 5.97 Å². The third kappa shape index (κ3) is 3.40. The molecule has 0 aliphatic heterocycles. The Morgan fingerprint density at radius 3 is 2.78 bits per heavy atom. The predicted octanol–water partition coefficient (Wildman–Crippen LogP) is 2.00. The summed E-state index contributed by atoms with van der Waals surface area (Å²) in [6, 6.07) is 0.991. The van der Waals surface area contributed by atoms with Crippen LogP contribution in [0.15, 0.2) is 12.3 Å². The molecule has 0 fully saturated rings. The maximum atomic E-state index is 13.8. The molecule has 1 aromatic heterocycles. The van der Waals surface area contributed by atoms with Gasteiger partial charge in [0.05, 0.1) is 12.6 Å². The average Bonchev–Trinajstić information content (AvgIpc) is 2.30. The van der Waals surface area contributed by atoms with Crippen LogP contribution in [0.1, 0.15) is 24.2 Å². The van der Waals surface area contributed by atoms with Crippen LogP contribution in [0.5, 0.6) is 0 Å². The summed E-state index contributed by atoms with van der Waals surface area (Å²) >= 11 is 0. The van der Waals surface area contributed by atoms with Crippen molar-refractivity contribution in [2.45, 2.75) is 19.9 Å². The van der Waals surface area contributed by atoms with Crippen LogP contribution in [-0.2, 0) is 4.74 Å². The number of anilines is 1. The van der Waals surface area contributed by atoms with E-state index >= 15 is 0 Å². The highest BCUT2D eigenvalue weighted by molar-refractivity contribution is 5.88. The summed E-state index contributed by atoms with van der Waals surface area (Å²) in [5.41, 5.74) is -0.396. The summed E-state index contributed by atoms with van der Waals surface area (Å²) in [5, 5.41) is 11.7. The fourth-order valence-corrected chi connectivity index (χ4v) is 1.47. The lowest BCUT2D eigenvalue weighted by molar-refractivity contribution is 0.0692. The number of nitrogens with one attached hydrogen (secondary N) is 1. The first-order valence-electron chi connectivity index (χ1n) is 5.60. The molecule has 2 N–H and O–H groups in total. The first-order chi connectivity index (χ1) is 8.47. The van der Waals surface area contributed by atoms with Crippen LogP contribution in [0.2, 0.25) is 0 Å². The van der Waals surface area contributed by atoms with Gasteiger partial charge in [0, 0.05) is 13.3 Å². The van der Waals surface area contributed by atoms with Crippen LogP contribution in [0.4, 0.5) is 10.2 Å². The van der Waals surface area contributed by atoms with Crippen LogP contribution in [0.25, 0.3) is 0 Å². The zero-order valence-electron chi connectivity index (χ0n) is 10.6. The highest BCUT2D eigenvalue weighted by Gasteiger charge is 2.19. The molecule has 6 heteroatoms. The van der Waals surface area contributed by atoms with Crippen LogP contribution in [0, 0.1) is 11.7 Å². The lowest BCUT2D eigenvalue weighted by atomic mass is 10.1. The molecule has 1 aromatic rings. The number of methoxy groups -OCH3 is 1. The van der Waals surface area contributed by atoms with E-state index in [0.717, 1.165) is 6.07 Å². The second kappa shape index (κ2) is 6.30. The number of halogens is 1. The zero-order valence-corrected chi connectivity index (χ0v) is 10.6. The van der Waals surface area contributed by atoms with E-state index in [1.807, 2.05) is 13.8 Å².